The van der Waals surface area contributed by atoms with Gasteiger partial charge in [0.1, 0.15) is 11.4 Å². The summed E-state index contributed by atoms with van der Waals surface area (Å²) in [5.41, 5.74) is 5.34. The van der Waals surface area contributed by atoms with E-state index in [-0.39, 0.29) is 0 Å². The van der Waals surface area contributed by atoms with Crippen molar-refractivity contribution in [3.05, 3.63) is 71.9 Å². The summed E-state index contributed by atoms with van der Waals surface area (Å²) >= 11 is 1.71. The topological polar surface area (TPSA) is 51.5 Å². The molecule has 0 fully saturated rings. The lowest BCUT2D eigenvalue weighted by molar-refractivity contribution is 0.321. The molecule has 1 N–H and O–H groups in total. The van der Waals surface area contributed by atoms with E-state index < -0.39 is 0 Å². The molecule has 0 atom stereocenters. The van der Waals surface area contributed by atoms with E-state index in [1.54, 1.807) is 11.3 Å². The van der Waals surface area contributed by atoms with Crippen molar-refractivity contribution < 1.29 is 4.74 Å². The Bertz CT molecular complexity index is 1390. The molecule has 0 bridgehead atoms. The fraction of sp³-hybridized carbons (Fsp3) is 0.200. The van der Waals surface area contributed by atoms with Gasteiger partial charge in [0.05, 0.1) is 22.4 Å². The molecule has 0 amide bonds. The van der Waals surface area contributed by atoms with Crippen molar-refractivity contribution in [3.8, 4) is 16.3 Å². The van der Waals surface area contributed by atoms with Gasteiger partial charge in [-0.3, -0.25) is 0 Å². The summed E-state index contributed by atoms with van der Waals surface area (Å²) in [7, 11) is 0. The monoisotopic (exact) mass is 428 g/mol. The van der Waals surface area contributed by atoms with Crippen molar-refractivity contribution >= 4 is 38.6 Å². The van der Waals surface area contributed by atoms with Crippen LogP contribution in [0.15, 0.2) is 60.8 Å². The maximum absolute atomic E-state index is 5.95. The predicted molar refractivity (Wildman–Crippen MR) is 129 cm³/mol. The number of anilines is 2. The molecule has 0 spiro atoms. The fourth-order valence-electron chi connectivity index (χ4n) is 3.56. The molecule has 0 aliphatic heterocycles. The third kappa shape index (κ3) is 3.75. The van der Waals surface area contributed by atoms with Crippen LogP contribution < -0.4 is 10.1 Å². The zero-order valence-corrected chi connectivity index (χ0v) is 18.7. The number of nitrogens with one attached hydrogen (secondary N) is 1. The van der Waals surface area contributed by atoms with E-state index in [0.29, 0.717) is 0 Å². The van der Waals surface area contributed by atoms with E-state index in [1.165, 1.54) is 16.5 Å². The average Bonchev–Trinajstić information content (AvgIpc) is 3.38. The van der Waals surface area contributed by atoms with Crippen LogP contribution in [0.5, 0.6) is 5.75 Å². The average molecular weight is 429 g/mol. The minimum Gasteiger partial charge on any atom is -0.492 e. The van der Waals surface area contributed by atoms with Crippen LogP contribution in [-0.4, -0.2) is 21.2 Å². The SMILES string of the molecule is CCCOc1cccc2cc(-c3cnc4ccc(Nc5ccc(C)c(C)c5)nn34)sc12. The summed E-state index contributed by atoms with van der Waals surface area (Å²) in [6.07, 6.45) is 2.88. The number of rotatable bonds is 6. The Labute approximate surface area is 185 Å². The molecule has 0 unspecified atom stereocenters. The van der Waals surface area contributed by atoms with Gasteiger partial charge in [-0.15, -0.1) is 16.4 Å². The van der Waals surface area contributed by atoms with Gasteiger partial charge in [0.2, 0.25) is 0 Å². The van der Waals surface area contributed by atoms with Crippen LogP contribution in [0, 0.1) is 13.8 Å². The second kappa shape index (κ2) is 8.04. The molecule has 5 rings (SSSR count). The van der Waals surface area contributed by atoms with Crippen molar-refractivity contribution in [1.29, 1.82) is 0 Å². The highest BCUT2D eigenvalue weighted by atomic mass is 32.1. The highest BCUT2D eigenvalue weighted by molar-refractivity contribution is 7.22. The van der Waals surface area contributed by atoms with Crippen LogP contribution in [-0.2, 0) is 0 Å². The Morgan fingerprint density at radius 2 is 1.94 bits per heavy atom. The Balaban J connectivity index is 1.53. The first kappa shape index (κ1) is 19.6. The Morgan fingerprint density at radius 3 is 2.77 bits per heavy atom. The molecule has 0 aliphatic carbocycles. The van der Waals surface area contributed by atoms with Crippen LogP contribution >= 0.6 is 11.3 Å². The van der Waals surface area contributed by atoms with E-state index in [0.717, 1.165) is 51.2 Å². The Hall–Kier alpha value is -3.38. The normalized spacial score (nSPS) is 11.3. The lowest BCUT2D eigenvalue weighted by atomic mass is 10.1. The molecular weight excluding hydrogens is 404 g/mol. The van der Waals surface area contributed by atoms with Crippen LogP contribution in [0.2, 0.25) is 0 Å². The fourth-order valence-corrected chi connectivity index (χ4v) is 4.69. The molecule has 0 saturated carbocycles. The van der Waals surface area contributed by atoms with Crippen molar-refractivity contribution in [2.24, 2.45) is 0 Å². The zero-order chi connectivity index (χ0) is 21.4. The quantitative estimate of drug-likeness (QED) is 0.325. The van der Waals surface area contributed by atoms with Gasteiger partial charge in [-0.2, -0.15) is 0 Å². The molecule has 0 saturated heterocycles. The second-order valence-electron chi connectivity index (χ2n) is 7.69. The largest absolute Gasteiger partial charge is 0.492 e. The van der Waals surface area contributed by atoms with Gasteiger partial charge in [-0.05, 0) is 73.2 Å². The standard InChI is InChI=1S/C25H24N4OS/c1-4-12-30-21-7-5-6-18-14-22(31-25(18)21)20-15-26-24-11-10-23(28-29(20)24)27-19-9-8-16(2)17(3)13-19/h5-11,13-15H,4,12H2,1-3H3,(H,27,28). The summed E-state index contributed by atoms with van der Waals surface area (Å²) in [6, 6.07) is 18.7. The van der Waals surface area contributed by atoms with Gasteiger partial charge in [0.25, 0.3) is 0 Å². The summed E-state index contributed by atoms with van der Waals surface area (Å²) in [4.78, 5) is 5.68. The number of aryl methyl sites for hydroxylation is 2. The molecule has 5 aromatic rings. The molecule has 3 heterocycles. The van der Waals surface area contributed by atoms with Crippen LogP contribution in [0.4, 0.5) is 11.5 Å². The van der Waals surface area contributed by atoms with E-state index in [2.05, 4.69) is 61.4 Å². The number of nitrogens with zero attached hydrogens (tertiary/aromatic N) is 3. The number of imidazole rings is 1. The number of hydrogen-bond acceptors (Lipinski definition) is 5. The van der Waals surface area contributed by atoms with Gasteiger partial charge in [0, 0.05) is 5.69 Å². The lowest BCUT2D eigenvalue weighted by Gasteiger charge is -2.08. The number of thiophene rings is 1. The molecular formula is C25H24N4OS. The minimum atomic E-state index is 0.719. The third-order valence-electron chi connectivity index (χ3n) is 5.36. The third-order valence-corrected chi connectivity index (χ3v) is 6.55. The van der Waals surface area contributed by atoms with E-state index in [4.69, 9.17) is 9.84 Å². The van der Waals surface area contributed by atoms with Gasteiger partial charge < -0.3 is 10.1 Å². The number of aromatic nitrogens is 3. The lowest BCUT2D eigenvalue weighted by Crippen LogP contribution is -2.00. The van der Waals surface area contributed by atoms with Crippen LogP contribution in [0.3, 0.4) is 0 Å². The van der Waals surface area contributed by atoms with Crippen molar-refractivity contribution in [3.63, 3.8) is 0 Å². The first-order valence-electron chi connectivity index (χ1n) is 10.5. The highest BCUT2D eigenvalue weighted by Crippen LogP contribution is 2.38. The van der Waals surface area contributed by atoms with Crippen molar-refractivity contribution in [2.75, 3.05) is 11.9 Å². The van der Waals surface area contributed by atoms with E-state index >= 15 is 0 Å². The molecule has 0 aliphatic rings. The molecule has 31 heavy (non-hydrogen) atoms. The zero-order valence-electron chi connectivity index (χ0n) is 17.8. The summed E-state index contributed by atoms with van der Waals surface area (Å²) in [5.74, 6) is 1.72. The van der Waals surface area contributed by atoms with Gasteiger partial charge >= 0.3 is 0 Å². The van der Waals surface area contributed by atoms with Crippen molar-refractivity contribution in [1.82, 2.24) is 14.6 Å². The number of ether oxygens (including phenoxy) is 1. The molecule has 6 heteroatoms. The smallest absolute Gasteiger partial charge is 0.154 e. The molecule has 5 nitrogen and oxygen atoms in total. The van der Waals surface area contributed by atoms with Gasteiger partial charge in [-0.1, -0.05) is 25.1 Å². The first-order valence-corrected chi connectivity index (χ1v) is 11.3. The summed E-state index contributed by atoms with van der Waals surface area (Å²) in [5, 5.41) is 9.41. The summed E-state index contributed by atoms with van der Waals surface area (Å²) < 4.78 is 9.01. The van der Waals surface area contributed by atoms with Crippen LogP contribution in [0.25, 0.3) is 26.3 Å². The maximum Gasteiger partial charge on any atom is 0.154 e. The van der Waals surface area contributed by atoms with Crippen LogP contribution in [0.1, 0.15) is 24.5 Å². The number of hydrogen-bond donors (Lipinski definition) is 1. The van der Waals surface area contributed by atoms with Gasteiger partial charge in [-0.25, -0.2) is 9.50 Å². The summed E-state index contributed by atoms with van der Waals surface area (Å²) in [6.45, 7) is 7.07. The minimum absolute atomic E-state index is 0.719. The van der Waals surface area contributed by atoms with E-state index in [1.807, 2.05) is 35.0 Å². The molecule has 2 aromatic carbocycles. The number of fused-ring (bicyclic) bond motifs is 2. The van der Waals surface area contributed by atoms with E-state index in [9.17, 15) is 0 Å². The predicted octanol–water partition coefficient (Wildman–Crippen LogP) is 6.76. The molecule has 156 valence electrons. The molecule has 0 radical (unpaired) electrons. The van der Waals surface area contributed by atoms with Crippen molar-refractivity contribution in [2.45, 2.75) is 27.2 Å². The highest BCUT2D eigenvalue weighted by Gasteiger charge is 2.14. The Morgan fingerprint density at radius 1 is 1.03 bits per heavy atom. The number of benzene rings is 2. The maximum atomic E-state index is 5.95. The molecule has 3 aromatic heterocycles. The Kier molecular flexibility index (Phi) is 5.08. The second-order valence-corrected chi connectivity index (χ2v) is 8.74. The van der Waals surface area contributed by atoms with Gasteiger partial charge in [0.15, 0.2) is 11.5 Å². The first-order chi connectivity index (χ1) is 15.1.